The van der Waals surface area contributed by atoms with E-state index >= 15 is 0 Å². The molecule has 2 rings (SSSR count). The summed E-state index contributed by atoms with van der Waals surface area (Å²) < 4.78 is 0. The fraction of sp³-hybridized carbons (Fsp3) is 1.00. The molecule has 0 spiro atoms. The highest BCUT2D eigenvalue weighted by atomic mass is 15.1. The van der Waals surface area contributed by atoms with E-state index < -0.39 is 0 Å². The summed E-state index contributed by atoms with van der Waals surface area (Å²) in [6.45, 7) is 6.55. The average Bonchev–Trinajstić information content (AvgIpc) is 2.53. The fourth-order valence-corrected chi connectivity index (χ4v) is 1.90. The monoisotopic (exact) mass is 153 g/mol. The van der Waals surface area contributed by atoms with Crippen LogP contribution in [0.4, 0.5) is 0 Å². The van der Waals surface area contributed by atoms with Crippen molar-refractivity contribution < 1.29 is 0 Å². The molecule has 0 amide bonds. The molecule has 64 valence electrons. The summed E-state index contributed by atoms with van der Waals surface area (Å²) in [5.74, 6) is 0. The molecule has 0 aromatic rings. The van der Waals surface area contributed by atoms with Gasteiger partial charge in [-0.05, 0) is 57.2 Å². The summed E-state index contributed by atoms with van der Waals surface area (Å²) in [7, 11) is 0. The zero-order chi connectivity index (χ0) is 7.73. The van der Waals surface area contributed by atoms with E-state index in [4.69, 9.17) is 0 Å². The van der Waals surface area contributed by atoms with Gasteiger partial charge in [-0.15, -0.1) is 0 Å². The highest BCUT2D eigenvalue weighted by molar-refractivity contribution is 4.89. The highest BCUT2D eigenvalue weighted by Crippen LogP contribution is 2.48. The quantitative estimate of drug-likeness (QED) is 0.601. The lowest BCUT2D eigenvalue weighted by Crippen LogP contribution is -2.22. The Hall–Kier alpha value is -0.0400. The van der Waals surface area contributed by atoms with Crippen molar-refractivity contribution in [3.05, 3.63) is 0 Å². The Labute approximate surface area is 69.8 Å². The lowest BCUT2D eigenvalue weighted by Gasteiger charge is -2.16. The van der Waals surface area contributed by atoms with Crippen LogP contribution >= 0.6 is 0 Å². The van der Waals surface area contributed by atoms with Crippen molar-refractivity contribution >= 4 is 0 Å². The Morgan fingerprint density at radius 1 is 1.18 bits per heavy atom. The van der Waals surface area contributed by atoms with Gasteiger partial charge < -0.3 is 4.90 Å². The maximum atomic E-state index is 2.63. The van der Waals surface area contributed by atoms with E-state index in [0.717, 1.165) is 5.41 Å². The Kier molecular flexibility index (Phi) is 1.92. The fourth-order valence-electron chi connectivity index (χ4n) is 1.90. The van der Waals surface area contributed by atoms with Crippen LogP contribution in [-0.4, -0.2) is 24.5 Å². The van der Waals surface area contributed by atoms with Crippen molar-refractivity contribution in [2.45, 2.75) is 39.0 Å². The predicted octanol–water partition coefficient (Wildman–Crippen LogP) is 2.27. The van der Waals surface area contributed by atoms with Crippen LogP contribution in [0.5, 0.6) is 0 Å². The van der Waals surface area contributed by atoms with Crippen LogP contribution in [0, 0.1) is 5.41 Å². The summed E-state index contributed by atoms with van der Waals surface area (Å²) in [5, 5.41) is 0. The van der Waals surface area contributed by atoms with Crippen molar-refractivity contribution in [2.24, 2.45) is 5.41 Å². The van der Waals surface area contributed by atoms with E-state index in [9.17, 15) is 0 Å². The first-order chi connectivity index (χ1) is 5.29. The van der Waals surface area contributed by atoms with Gasteiger partial charge in [0.2, 0.25) is 0 Å². The zero-order valence-electron chi connectivity index (χ0n) is 7.60. The van der Waals surface area contributed by atoms with Gasteiger partial charge in [-0.3, -0.25) is 0 Å². The predicted molar refractivity (Wildman–Crippen MR) is 47.6 cm³/mol. The van der Waals surface area contributed by atoms with E-state index in [1.54, 1.807) is 0 Å². The van der Waals surface area contributed by atoms with Crippen molar-refractivity contribution in [2.75, 3.05) is 19.6 Å². The third-order valence-electron chi connectivity index (χ3n) is 3.33. The Balaban J connectivity index is 1.65. The molecule has 1 nitrogen and oxygen atoms in total. The topological polar surface area (TPSA) is 3.24 Å². The summed E-state index contributed by atoms with van der Waals surface area (Å²) in [4.78, 5) is 2.63. The van der Waals surface area contributed by atoms with Gasteiger partial charge in [0.05, 0.1) is 0 Å². The lowest BCUT2D eigenvalue weighted by atomic mass is 10.1. The molecule has 1 heterocycles. The Bertz CT molecular complexity index is 132. The van der Waals surface area contributed by atoms with Crippen LogP contribution in [0.15, 0.2) is 0 Å². The van der Waals surface area contributed by atoms with Gasteiger partial charge in [0.25, 0.3) is 0 Å². The van der Waals surface area contributed by atoms with Gasteiger partial charge in [-0.2, -0.15) is 0 Å². The van der Waals surface area contributed by atoms with Crippen molar-refractivity contribution in [1.82, 2.24) is 4.90 Å². The molecule has 0 aromatic carbocycles. The molecule has 2 aliphatic rings. The molecule has 2 fully saturated rings. The minimum absolute atomic E-state index is 0.766. The molecule has 0 N–H and O–H groups in total. The molecule has 0 radical (unpaired) electrons. The molecule has 0 atom stereocenters. The summed E-state index contributed by atoms with van der Waals surface area (Å²) in [6.07, 6.45) is 7.31. The molecule has 1 heteroatoms. The van der Waals surface area contributed by atoms with Gasteiger partial charge in [0, 0.05) is 0 Å². The maximum Gasteiger partial charge on any atom is -0.00135 e. The van der Waals surface area contributed by atoms with Gasteiger partial charge in [-0.1, -0.05) is 6.92 Å². The second-order valence-electron chi connectivity index (χ2n) is 4.61. The number of nitrogens with zero attached hydrogens (tertiary/aromatic N) is 1. The summed E-state index contributed by atoms with van der Waals surface area (Å²) in [5.41, 5.74) is 0.766. The van der Waals surface area contributed by atoms with Crippen LogP contribution in [0.2, 0.25) is 0 Å². The van der Waals surface area contributed by atoms with Crippen LogP contribution < -0.4 is 0 Å². The lowest BCUT2D eigenvalue weighted by molar-refractivity contribution is 0.301. The molecule has 0 unspecified atom stereocenters. The Morgan fingerprint density at radius 2 is 1.82 bits per heavy atom. The zero-order valence-corrected chi connectivity index (χ0v) is 7.60. The van der Waals surface area contributed by atoms with Gasteiger partial charge in [0.15, 0.2) is 0 Å². The van der Waals surface area contributed by atoms with Crippen molar-refractivity contribution in [3.63, 3.8) is 0 Å². The smallest absolute Gasteiger partial charge is 0.00135 e. The van der Waals surface area contributed by atoms with E-state index in [0.29, 0.717) is 0 Å². The molecule has 11 heavy (non-hydrogen) atoms. The minimum atomic E-state index is 0.766. The van der Waals surface area contributed by atoms with Crippen LogP contribution in [0.1, 0.15) is 39.0 Å². The number of rotatable bonds is 3. The van der Waals surface area contributed by atoms with E-state index in [-0.39, 0.29) is 0 Å². The molecule has 1 saturated carbocycles. The molecule has 1 aliphatic carbocycles. The highest BCUT2D eigenvalue weighted by Gasteiger charge is 2.36. The minimum Gasteiger partial charge on any atom is -0.303 e. The first-order valence-electron chi connectivity index (χ1n) is 5.01. The normalized spacial score (nSPS) is 29.2. The van der Waals surface area contributed by atoms with Crippen LogP contribution in [0.3, 0.4) is 0 Å². The largest absolute Gasteiger partial charge is 0.303 e. The maximum absolute atomic E-state index is 2.63. The van der Waals surface area contributed by atoms with Crippen LogP contribution in [-0.2, 0) is 0 Å². The summed E-state index contributed by atoms with van der Waals surface area (Å²) >= 11 is 0. The van der Waals surface area contributed by atoms with Crippen LogP contribution in [0.25, 0.3) is 0 Å². The van der Waals surface area contributed by atoms with E-state index in [2.05, 4.69) is 11.8 Å². The van der Waals surface area contributed by atoms with E-state index in [1.807, 2.05) is 0 Å². The van der Waals surface area contributed by atoms with Gasteiger partial charge in [0.1, 0.15) is 0 Å². The number of hydrogen-bond acceptors (Lipinski definition) is 1. The molecule has 1 saturated heterocycles. The van der Waals surface area contributed by atoms with Crippen molar-refractivity contribution in [1.29, 1.82) is 0 Å². The summed E-state index contributed by atoms with van der Waals surface area (Å²) in [6, 6.07) is 0. The van der Waals surface area contributed by atoms with E-state index in [1.165, 1.54) is 51.7 Å². The molecule has 0 aromatic heterocycles. The average molecular weight is 153 g/mol. The number of likely N-dealkylation sites (tertiary alicyclic amines) is 1. The van der Waals surface area contributed by atoms with Crippen molar-refractivity contribution in [3.8, 4) is 0 Å². The molecule has 1 aliphatic heterocycles. The second kappa shape index (κ2) is 2.78. The number of hydrogen-bond donors (Lipinski definition) is 0. The third-order valence-corrected chi connectivity index (χ3v) is 3.33. The molecule has 0 bridgehead atoms. The third kappa shape index (κ3) is 1.96. The Morgan fingerprint density at radius 3 is 2.36 bits per heavy atom. The molecular formula is C10H19N. The van der Waals surface area contributed by atoms with Gasteiger partial charge >= 0.3 is 0 Å². The molecular weight excluding hydrogens is 134 g/mol. The standard InChI is InChI=1S/C10H19N/c1-10(4-5-10)6-9-11-7-2-3-8-11/h2-9H2,1H3. The second-order valence-corrected chi connectivity index (χ2v) is 4.61. The first kappa shape index (κ1) is 7.60. The van der Waals surface area contributed by atoms with Gasteiger partial charge in [-0.25, -0.2) is 0 Å². The first-order valence-corrected chi connectivity index (χ1v) is 5.01. The SMILES string of the molecule is CC1(CCN2CCCC2)CC1.